The van der Waals surface area contributed by atoms with Gasteiger partial charge in [-0.05, 0) is 19.3 Å². The van der Waals surface area contributed by atoms with Gasteiger partial charge in [0.15, 0.2) is 0 Å². The second-order valence-corrected chi connectivity index (χ2v) is 12.4. The van der Waals surface area contributed by atoms with E-state index in [9.17, 15) is 14.7 Å². The highest BCUT2D eigenvalue weighted by molar-refractivity contribution is 5.71. The number of aliphatic carboxylic acids is 1. The zero-order chi connectivity index (χ0) is 29.4. The lowest BCUT2D eigenvalue weighted by atomic mass is 10.0. The van der Waals surface area contributed by atoms with E-state index >= 15 is 0 Å². The second kappa shape index (κ2) is 32.5. The molecule has 0 rings (SSSR count). The fraction of sp³-hybridized carbons (Fsp3) is 0.944. The molecule has 238 valence electrons. The van der Waals surface area contributed by atoms with Crippen LogP contribution in [-0.4, -0.2) is 23.1 Å². The molecule has 4 heteroatoms. The van der Waals surface area contributed by atoms with E-state index in [0.29, 0.717) is 12.8 Å². The van der Waals surface area contributed by atoms with Crippen molar-refractivity contribution in [3.8, 4) is 0 Å². The monoisotopic (exact) mass is 567 g/mol. The molecule has 40 heavy (non-hydrogen) atoms. The van der Waals surface area contributed by atoms with Gasteiger partial charge < -0.3 is 9.84 Å². The molecule has 1 atom stereocenters. The summed E-state index contributed by atoms with van der Waals surface area (Å²) in [6.07, 6.45) is 36.9. The number of esters is 1. The van der Waals surface area contributed by atoms with Crippen molar-refractivity contribution in [1.29, 1.82) is 0 Å². The Hall–Kier alpha value is -1.06. The molecule has 0 bridgehead atoms. The number of ether oxygens (including phenoxy) is 1. The number of rotatable bonds is 33. The number of carbonyl (C=O) groups excluding carboxylic acids is 1. The van der Waals surface area contributed by atoms with Crippen LogP contribution < -0.4 is 0 Å². The summed E-state index contributed by atoms with van der Waals surface area (Å²) < 4.78 is 5.56. The smallest absolute Gasteiger partial charge is 0.307 e. The van der Waals surface area contributed by atoms with E-state index in [-0.39, 0.29) is 12.4 Å². The first-order chi connectivity index (χ1) is 19.6. The third-order valence-electron chi connectivity index (χ3n) is 8.31. The molecule has 1 unspecified atom stereocenters. The fourth-order valence-electron chi connectivity index (χ4n) is 5.67. The van der Waals surface area contributed by atoms with Crippen molar-refractivity contribution >= 4 is 11.9 Å². The van der Waals surface area contributed by atoms with Crippen LogP contribution in [0, 0.1) is 0 Å². The van der Waals surface area contributed by atoms with Crippen LogP contribution in [0.25, 0.3) is 0 Å². The molecule has 0 fully saturated rings. The fourth-order valence-corrected chi connectivity index (χ4v) is 5.67. The summed E-state index contributed by atoms with van der Waals surface area (Å²) in [5.74, 6) is -1.09. The average Bonchev–Trinajstić information content (AvgIpc) is 2.93. The Morgan fingerprint density at radius 2 is 0.775 bits per heavy atom. The predicted molar refractivity (Wildman–Crippen MR) is 172 cm³/mol. The van der Waals surface area contributed by atoms with E-state index in [1.54, 1.807) is 0 Å². The molecule has 1 N–H and O–H groups in total. The SMILES string of the molecule is CCCCCCCCCCCCCCCCCCCC(CC(=O)O)OC(=O)CCCCCCCCCCCCC. The van der Waals surface area contributed by atoms with Crippen molar-refractivity contribution in [1.82, 2.24) is 0 Å². The first kappa shape index (κ1) is 38.9. The van der Waals surface area contributed by atoms with E-state index in [0.717, 1.165) is 25.7 Å². The minimum absolute atomic E-state index is 0.0666. The molecule has 0 heterocycles. The van der Waals surface area contributed by atoms with Gasteiger partial charge in [-0.2, -0.15) is 0 Å². The van der Waals surface area contributed by atoms with Gasteiger partial charge in [-0.3, -0.25) is 9.59 Å². The summed E-state index contributed by atoms with van der Waals surface area (Å²) in [5.41, 5.74) is 0. The van der Waals surface area contributed by atoms with E-state index in [1.807, 2.05) is 0 Å². The average molecular weight is 567 g/mol. The summed E-state index contributed by atoms with van der Waals surface area (Å²) in [6, 6.07) is 0. The van der Waals surface area contributed by atoms with Crippen molar-refractivity contribution in [2.24, 2.45) is 0 Å². The van der Waals surface area contributed by atoms with Gasteiger partial charge in [0.1, 0.15) is 6.10 Å². The Morgan fingerprint density at radius 3 is 1.10 bits per heavy atom. The molecular weight excluding hydrogens is 496 g/mol. The molecule has 0 amide bonds. The highest BCUT2D eigenvalue weighted by Gasteiger charge is 2.17. The highest BCUT2D eigenvalue weighted by Crippen LogP contribution is 2.17. The Balaban J connectivity index is 3.61. The molecule has 0 aliphatic rings. The van der Waals surface area contributed by atoms with Crippen molar-refractivity contribution in [2.45, 2.75) is 219 Å². The van der Waals surface area contributed by atoms with Crippen molar-refractivity contribution < 1.29 is 19.4 Å². The maximum atomic E-state index is 12.3. The van der Waals surface area contributed by atoms with Crippen LogP contribution in [-0.2, 0) is 14.3 Å². The highest BCUT2D eigenvalue weighted by atomic mass is 16.5. The topological polar surface area (TPSA) is 63.6 Å². The van der Waals surface area contributed by atoms with Gasteiger partial charge in [-0.15, -0.1) is 0 Å². The molecule has 0 saturated carbocycles. The number of carboxylic acids is 1. The van der Waals surface area contributed by atoms with Crippen LogP contribution in [0.3, 0.4) is 0 Å². The van der Waals surface area contributed by atoms with E-state index < -0.39 is 12.1 Å². The Bertz CT molecular complexity index is 533. The Labute approximate surface area is 250 Å². The summed E-state index contributed by atoms with van der Waals surface area (Å²) in [7, 11) is 0. The third kappa shape index (κ3) is 31.5. The van der Waals surface area contributed by atoms with Crippen LogP contribution in [0.1, 0.15) is 213 Å². The first-order valence-electron chi connectivity index (χ1n) is 18.0. The minimum Gasteiger partial charge on any atom is -0.481 e. The predicted octanol–water partition coefficient (Wildman–Crippen LogP) is 12.1. The third-order valence-corrected chi connectivity index (χ3v) is 8.31. The van der Waals surface area contributed by atoms with Crippen LogP contribution in [0.5, 0.6) is 0 Å². The molecule has 4 nitrogen and oxygen atoms in total. The van der Waals surface area contributed by atoms with Crippen molar-refractivity contribution in [3.05, 3.63) is 0 Å². The largest absolute Gasteiger partial charge is 0.481 e. The van der Waals surface area contributed by atoms with Gasteiger partial charge in [0.05, 0.1) is 6.42 Å². The zero-order valence-corrected chi connectivity index (χ0v) is 27.2. The lowest BCUT2D eigenvalue weighted by molar-refractivity contribution is -0.153. The number of hydrogen-bond donors (Lipinski definition) is 1. The van der Waals surface area contributed by atoms with E-state index in [1.165, 1.54) is 154 Å². The number of carbonyl (C=O) groups is 2. The van der Waals surface area contributed by atoms with Gasteiger partial charge in [0.25, 0.3) is 0 Å². The number of hydrogen-bond acceptors (Lipinski definition) is 3. The number of unbranched alkanes of at least 4 members (excludes halogenated alkanes) is 26. The lowest BCUT2D eigenvalue weighted by Crippen LogP contribution is -2.21. The lowest BCUT2D eigenvalue weighted by Gasteiger charge is -2.16. The molecule has 0 aliphatic heterocycles. The van der Waals surface area contributed by atoms with E-state index in [4.69, 9.17) is 4.74 Å². The molecule has 0 saturated heterocycles. The van der Waals surface area contributed by atoms with Gasteiger partial charge >= 0.3 is 11.9 Å². The molecule has 0 aromatic carbocycles. The molecule has 0 aromatic heterocycles. The van der Waals surface area contributed by atoms with Crippen LogP contribution in [0.2, 0.25) is 0 Å². The number of carboxylic acid groups (broad SMARTS) is 1. The Kier molecular flexibility index (Phi) is 31.6. The van der Waals surface area contributed by atoms with Gasteiger partial charge in [0, 0.05) is 6.42 Å². The maximum Gasteiger partial charge on any atom is 0.307 e. The molecule has 0 spiro atoms. The van der Waals surface area contributed by atoms with Crippen LogP contribution in [0.15, 0.2) is 0 Å². The standard InChI is InChI=1S/C36H70O4/c1-3-5-7-9-11-13-15-16-17-18-19-20-22-23-25-27-29-31-34(33-35(37)38)40-36(39)32-30-28-26-24-21-14-12-10-8-6-4-2/h34H,3-33H2,1-2H3,(H,37,38). The minimum atomic E-state index is -0.875. The van der Waals surface area contributed by atoms with Gasteiger partial charge in [-0.1, -0.05) is 181 Å². The maximum absolute atomic E-state index is 12.3. The quantitative estimate of drug-likeness (QED) is 0.0633. The Morgan fingerprint density at radius 1 is 0.475 bits per heavy atom. The first-order valence-corrected chi connectivity index (χ1v) is 18.0. The second-order valence-electron chi connectivity index (χ2n) is 12.4. The summed E-state index contributed by atoms with van der Waals surface area (Å²) >= 11 is 0. The van der Waals surface area contributed by atoms with Gasteiger partial charge in [-0.25, -0.2) is 0 Å². The normalized spacial score (nSPS) is 12.1. The zero-order valence-electron chi connectivity index (χ0n) is 27.2. The summed E-state index contributed by atoms with van der Waals surface area (Å²) in [4.78, 5) is 23.5. The van der Waals surface area contributed by atoms with Crippen LogP contribution >= 0.6 is 0 Å². The van der Waals surface area contributed by atoms with E-state index in [2.05, 4.69) is 13.8 Å². The molecule has 0 aromatic rings. The van der Waals surface area contributed by atoms with Gasteiger partial charge in [0.2, 0.25) is 0 Å². The van der Waals surface area contributed by atoms with Crippen molar-refractivity contribution in [3.63, 3.8) is 0 Å². The molecule has 0 radical (unpaired) electrons. The summed E-state index contributed by atoms with van der Waals surface area (Å²) in [6.45, 7) is 4.53. The summed E-state index contributed by atoms with van der Waals surface area (Å²) in [5, 5.41) is 9.23. The molecular formula is C36H70O4. The molecule has 0 aliphatic carbocycles. The van der Waals surface area contributed by atoms with Crippen LogP contribution in [0.4, 0.5) is 0 Å². The van der Waals surface area contributed by atoms with Crippen molar-refractivity contribution in [2.75, 3.05) is 0 Å².